The molecule has 1 aliphatic heterocycles. The molecule has 0 bridgehead atoms. The van der Waals surface area contributed by atoms with Crippen molar-refractivity contribution in [1.82, 2.24) is 9.88 Å². The van der Waals surface area contributed by atoms with E-state index in [0.29, 0.717) is 11.5 Å². The van der Waals surface area contributed by atoms with Gasteiger partial charge in [-0.1, -0.05) is 26.8 Å². The molecule has 2 atom stereocenters. The Morgan fingerprint density at radius 1 is 1.47 bits per heavy atom. The second-order valence-corrected chi connectivity index (χ2v) is 6.54. The van der Waals surface area contributed by atoms with Crippen molar-refractivity contribution in [3.8, 4) is 0 Å². The van der Waals surface area contributed by atoms with Crippen LogP contribution in [0.3, 0.4) is 0 Å². The lowest BCUT2D eigenvalue weighted by atomic mass is 9.82. The predicted molar refractivity (Wildman–Crippen MR) is 79.8 cm³/mol. The van der Waals surface area contributed by atoms with Gasteiger partial charge in [-0.05, 0) is 42.9 Å². The molecule has 2 rings (SSSR count). The standard InChI is InChI=1S/C16H27N3/c1-4-14(17)15(13-7-5-9-18-11-13)19-10-6-8-16(2,3)12-19/h5,7,9,11,14-15H,4,6,8,10,12,17H2,1-3H3. The molecule has 0 radical (unpaired) electrons. The number of rotatable bonds is 4. The molecule has 3 nitrogen and oxygen atoms in total. The van der Waals surface area contributed by atoms with E-state index >= 15 is 0 Å². The highest BCUT2D eigenvalue weighted by atomic mass is 15.2. The van der Waals surface area contributed by atoms with Gasteiger partial charge in [-0.15, -0.1) is 0 Å². The monoisotopic (exact) mass is 261 g/mol. The van der Waals surface area contributed by atoms with Gasteiger partial charge in [0, 0.05) is 25.0 Å². The summed E-state index contributed by atoms with van der Waals surface area (Å²) in [6, 6.07) is 4.66. The maximum atomic E-state index is 6.40. The summed E-state index contributed by atoms with van der Waals surface area (Å²) in [4.78, 5) is 6.84. The van der Waals surface area contributed by atoms with Gasteiger partial charge in [-0.3, -0.25) is 9.88 Å². The Kier molecular flexibility index (Phi) is 4.58. The molecule has 2 heterocycles. The van der Waals surface area contributed by atoms with Crippen LogP contribution in [0.2, 0.25) is 0 Å². The fourth-order valence-electron chi connectivity index (χ4n) is 3.21. The van der Waals surface area contributed by atoms with E-state index in [0.717, 1.165) is 19.5 Å². The van der Waals surface area contributed by atoms with Crippen LogP contribution >= 0.6 is 0 Å². The van der Waals surface area contributed by atoms with Gasteiger partial charge in [-0.2, -0.15) is 0 Å². The number of nitrogens with two attached hydrogens (primary N) is 1. The first-order valence-electron chi connectivity index (χ1n) is 7.43. The van der Waals surface area contributed by atoms with Crippen LogP contribution in [-0.4, -0.2) is 29.0 Å². The minimum atomic E-state index is 0.179. The molecule has 0 spiro atoms. The Bertz CT molecular complexity index is 388. The van der Waals surface area contributed by atoms with Crippen LogP contribution in [0, 0.1) is 5.41 Å². The van der Waals surface area contributed by atoms with Crippen molar-refractivity contribution in [2.24, 2.45) is 11.1 Å². The van der Waals surface area contributed by atoms with Crippen molar-refractivity contribution in [3.05, 3.63) is 30.1 Å². The zero-order valence-corrected chi connectivity index (χ0v) is 12.5. The summed E-state index contributed by atoms with van der Waals surface area (Å²) < 4.78 is 0. The fourth-order valence-corrected chi connectivity index (χ4v) is 3.21. The predicted octanol–water partition coefficient (Wildman–Crippen LogP) is 2.98. The Morgan fingerprint density at radius 2 is 2.26 bits per heavy atom. The summed E-state index contributed by atoms with van der Waals surface area (Å²) in [6.07, 6.45) is 7.38. The van der Waals surface area contributed by atoms with Gasteiger partial charge < -0.3 is 5.73 Å². The number of hydrogen-bond donors (Lipinski definition) is 1. The smallest absolute Gasteiger partial charge is 0.0514 e. The molecule has 1 saturated heterocycles. The van der Waals surface area contributed by atoms with Gasteiger partial charge in [-0.25, -0.2) is 0 Å². The van der Waals surface area contributed by atoms with Crippen LogP contribution in [0.25, 0.3) is 0 Å². The average molecular weight is 261 g/mol. The summed E-state index contributed by atoms with van der Waals surface area (Å²) >= 11 is 0. The first-order chi connectivity index (χ1) is 9.03. The third kappa shape index (κ3) is 3.54. The van der Waals surface area contributed by atoms with Crippen molar-refractivity contribution in [2.45, 2.75) is 52.1 Å². The first kappa shape index (κ1) is 14.5. The number of aromatic nitrogens is 1. The molecule has 1 aromatic rings. The molecule has 19 heavy (non-hydrogen) atoms. The van der Waals surface area contributed by atoms with Crippen molar-refractivity contribution < 1.29 is 0 Å². The van der Waals surface area contributed by atoms with Gasteiger partial charge in [0.05, 0.1) is 6.04 Å². The summed E-state index contributed by atoms with van der Waals surface area (Å²) in [6.45, 7) is 9.16. The molecular weight excluding hydrogens is 234 g/mol. The van der Waals surface area contributed by atoms with Crippen molar-refractivity contribution in [3.63, 3.8) is 0 Å². The second-order valence-electron chi connectivity index (χ2n) is 6.54. The second kappa shape index (κ2) is 6.02. The van der Waals surface area contributed by atoms with E-state index in [-0.39, 0.29) is 6.04 Å². The zero-order chi connectivity index (χ0) is 13.9. The lowest BCUT2D eigenvalue weighted by Crippen LogP contribution is -2.47. The van der Waals surface area contributed by atoms with Crippen LogP contribution in [0.15, 0.2) is 24.5 Å². The number of likely N-dealkylation sites (tertiary alicyclic amines) is 1. The fraction of sp³-hybridized carbons (Fsp3) is 0.688. The molecule has 0 saturated carbocycles. The van der Waals surface area contributed by atoms with E-state index in [2.05, 4.69) is 36.7 Å². The van der Waals surface area contributed by atoms with Gasteiger partial charge in [0.2, 0.25) is 0 Å². The van der Waals surface area contributed by atoms with E-state index in [1.807, 2.05) is 18.5 Å². The molecule has 1 aliphatic rings. The Morgan fingerprint density at radius 3 is 2.84 bits per heavy atom. The van der Waals surface area contributed by atoms with E-state index in [1.54, 1.807) is 0 Å². The zero-order valence-electron chi connectivity index (χ0n) is 12.5. The summed E-state index contributed by atoms with van der Waals surface area (Å²) in [5.41, 5.74) is 8.05. The van der Waals surface area contributed by atoms with Crippen molar-refractivity contribution in [1.29, 1.82) is 0 Å². The largest absolute Gasteiger partial charge is 0.326 e. The number of pyridine rings is 1. The molecule has 0 aromatic carbocycles. The van der Waals surface area contributed by atoms with Crippen LogP contribution < -0.4 is 5.73 Å². The van der Waals surface area contributed by atoms with Gasteiger partial charge in [0.25, 0.3) is 0 Å². The average Bonchev–Trinajstić information content (AvgIpc) is 2.39. The van der Waals surface area contributed by atoms with Crippen LogP contribution in [0.1, 0.15) is 51.6 Å². The highest BCUT2D eigenvalue weighted by Gasteiger charge is 2.33. The third-order valence-corrected chi connectivity index (χ3v) is 4.23. The minimum Gasteiger partial charge on any atom is -0.326 e. The molecule has 1 aromatic heterocycles. The topological polar surface area (TPSA) is 42.1 Å². The van der Waals surface area contributed by atoms with Gasteiger partial charge in [0.15, 0.2) is 0 Å². The lowest BCUT2D eigenvalue weighted by molar-refractivity contribution is 0.0655. The molecule has 3 heteroatoms. The van der Waals surface area contributed by atoms with Crippen LogP contribution in [0.5, 0.6) is 0 Å². The molecular formula is C16H27N3. The molecule has 0 amide bonds. The maximum Gasteiger partial charge on any atom is 0.0514 e. The quantitative estimate of drug-likeness (QED) is 0.906. The SMILES string of the molecule is CCC(N)C(c1cccnc1)N1CCCC(C)(C)C1. The molecule has 0 aliphatic carbocycles. The molecule has 2 N–H and O–H groups in total. The highest BCUT2D eigenvalue weighted by Crippen LogP contribution is 2.35. The molecule has 1 fully saturated rings. The summed E-state index contributed by atoms with van der Waals surface area (Å²) in [5.74, 6) is 0. The Hall–Kier alpha value is -0.930. The number of piperidine rings is 1. The van der Waals surface area contributed by atoms with Crippen LogP contribution in [-0.2, 0) is 0 Å². The lowest BCUT2D eigenvalue weighted by Gasteiger charge is -2.44. The maximum absolute atomic E-state index is 6.40. The Labute approximate surface area is 117 Å². The number of nitrogens with zero attached hydrogens (tertiary/aromatic N) is 2. The van der Waals surface area contributed by atoms with E-state index < -0.39 is 0 Å². The van der Waals surface area contributed by atoms with Crippen LogP contribution in [0.4, 0.5) is 0 Å². The third-order valence-electron chi connectivity index (χ3n) is 4.23. The van der Waals surface area contributed by atoms with E-state index in [4.69, 9.17) is 5.73 Å². The summed E-state index contributed by atoms with van der Waals surface area (Å²) in [5, 5.41) is 0. The summed E-state index contributed by atoms with van der Waals surface area (Å²) in [7, 11) is 0. The van der Waals surface area contributed by atoms with Gasteiger partial charge in [0.1, 0.15) is 0 Å². The molecule has 106 valence electrons. The Balaban J connectivity index is 2.23. The normalized spacial score (nSPS) is 22.9. The van der Waals surface area contributed by atoms with Gasteiger partial charge >= 0.3 is 0 Å². The van der Waals surface area contributed by atoms with Crippen molar-refractivity contribution in [2.75, 3.05) is 13.1 Å². The first-order valence-corrected chi connectivity index (χ1v) is 7.43. The van der Waals surface area contributed by atoms with E-state index in [1.165, 1.54) is 18.4 Å². The minimum absolute atomic E-state index is 0.179. The van der Waals surface area contributed by atoms with Crippen molar-refractivity contribution >= 4 is 0 Å². The van der Waals surface area contributed by atoms with E-state index in [9.17, 15) is 0 Å². The molecule has 2 unspecified atom stereocenters. The highest BCUT2D eigenvalue weighted by molar-refractivity contribution is 5.17. The number of hydrogen-bond acceptors (Lipinski definition) is 3.